The maximum Gasteiger partial charge on any atom is 0.419 e. The highest BCUT2D eigenvalue weighted by molar-refractivity contribution is 8.30. The molecule has 206 valence electrons. The lowest BCUT2D eigenvalue weighted by atomic mass is 9.96. The van der Waals surface area contributed by atoms with Gasteiger partial charge in [-0.15, -0.1) is 11.3 Å². The highest BCUT2D eigenvalue weighted by atomic mass is 32.2. The van der Waals surface area contributed by atoms with Crippen molar-refractivity contribution in [2.24, 2.45) is 0 Å². The highest BCUT2D eigenvalue weighted by Gasteiger charge is 2.42. The molecule has 1 N–H and O–H groups in total. The smallest absolute Gasteiger partial charge is 0.419 e. The summed E-state index contributed by atoms with van der Waals surface area (Å²) in [5, 5.41) is 9.84. The number of aromatic nitrogens is 1. The molecule has 0 bridgehead atoms. The fraction of sp³-hybridized carbons (Fsp3) is 0.310. The van der Waals surface area contributed by atoms with Crippen LogP contribution in [0.15, 0.2) is 47.3 Å². The van der Waals surface area contributed by atoms with Crippen molar-refractivity contribution < 1.29 is 14.7 Å². The Labute approximate surface area is 244 Å². The molecule has 2 aromatic carbocycles. The van der Waals surface area contributed by atoms with E-state index in [1.165, 1.54) is 21.8 Å². The topological polar surface area (TPSA) is 86.1 Å². The van der Waals surface area contributed by atoms with Gasteiger partial charge >= 0.3 is 6.09 Å². The Kier molecular flexibility index (Phi) is 6.84. The first kappa shape index (κ1) is 26.8. The van der Waals surface area contributed by atoms with Crippen molar-refractivity contribution in [2.75, 3.05) is 30.4 Å². The summed E-state index contributed by atoms with van der Waals surface area (Å²) < 4.78 is 1.38. The second-order valence-corrected chi connectivity index (χ2v) is 13.0. The van der Waals surface area contributed by atoms with Crippen LogP contribution in [-0.2, 0) is 4.79 Å². The molecule has 8 nitrogen and oxygen atoms in total. The fourth-order valence-corrected chi connectivity index (χ4v) is 8.57. The summed E-state index contributed by atoms with van der Waals surface area (Å²) in [5.41, 5.74) is 4.92. The average Bonchev–Trinajstić information content (AvgIpc) is 3.66. The zero-order valence-corrected chi connectivity index (χ0v) is 24.7. The van der Waals surface area contributed by atoms with E-state index in [1.807, 2.05) is 20.2 Å². The van der Waals surface area contributed by atoms with Crippen LogP contribution in [0.25, 0.3) is 11.0 Å². The van der Waals surface area contributed by atoms with E-state index in [0.29, 0.717) is 27.4 Å². The molecule has 2 aliphatic heterocycles. The second-order valence-electron chi connectivity index (χ2n) is 10.3. The lowest BCUT2D eigenvalue weighted by Crippen LogP contribution is -2.37. The van der Waals surface area contributed by atoms with Gasteiger partial charge in [0.2, 0.25) is 0 Å². The number of carbonyl (C=O) groups excluding carboxylic acids is 1. The first-order valence-corrected chi connectivity index (χ1v) is 15.2. The van der Waals surface area contributed by atoms with Gasteiger partial charge in [0.1, 0.15) is 13.9 Å². The van der Waals surface area contributed by atoms with Crippen molar-refractivity contribution in [1.29, 1.82) is 0 Å². The third kappa shape index (κ3) is 4.27. The molecule has 2 atom stereocenters. The number of hydrogen-bond acceptors (Lipinski definition) is 8. The number of amides is 1. The predicted molar refractivity (Wildman–Crippen MR) is 166 cm³/mol. The maximum absolute atomic E-state index is 13.2. The molecule has 1 aromatic heterocycles. The number of carboxylic acid groups (broad SMARTS) is 1. The second kappa shape index (κ2) is 10.2. The Balaban J connectivity index is 1.44. The standard InChI is InChI=1S/C29H28N4O4S3/c1-4-31-26(35)24(40-29(31)38)27-33(28(36)37)25(34)23(39-27)15-16-8-13-22-20(14-16)19-6-5-7-21(19)32(22)18-11-9-17(10-12-18)30(2)3/h8-15,19,21H,4-7H2,1-3H3,(H,36,37)/b23-15+,27-24+. The van der Waals surface area contributed by atoms with E-state index in [4.69, 9.17) is 12.2 Å². The van der Waals surface area contributed by atoms with Crippen molar-refractivity contribution >= 4 is 79.7 Å². The Morgan fingerprint density at radius 1 is 1.15 bits per heavy atom. The van der Waals surface area contributed by atoms with Gasteiger partial charge in [-0.25, -0.2) is 4.79 Å². The molecule has 1 aliphatic carbocycles. The molecule has 1 saturated carbocycles. The molecule has 1 saturated heterocycles. The number of thioether (sulfide) groups is 1. The first-order valence-electron chi connectivity index (χ1n) is 13.1. The summed E-state index contributed by atoms with van der Waals surface area (Å²) in [6.07, 6.45) is 3.69. The van der Waals surface area contributed by atoms with Crippen LogP contribution in [0.2, 0.25) is 0 Å². The minimum atomic E-state index is -1.42. The molecular weight excluding hydrogens is 565 g/mol. The number of hydrogen-bond donors (Lipinski definition) is 1. The number of carbonyl (C=O) groups is 2. The van der Waals surface area contributed by atoms with Crippen LogP contribution in [0, 0.1) is 0 Å². The first-order chi connectivity index (χ1) is 19.2. The zero-order valence-electron chi connectivity index (χ0n) is 22.3. The number of anilines is 3. The van der Waals surface area contributed by atoms with Crippen LogP contribution in [0.1, 0.15) is 43.2 Å². The van der Waals surface area contributed by atoms with Crippen molar-refractivity contribution in [3.05, 3.63) is 73.1 Å². The van der Waals surface area contributed by atoms with Crippen LogP contribution in [0.4, 0.5) is 21.9 Å². The molecular formula is C29H28N4O4S3. The zero-order chi connectivity index (χ0) is 28.3. The third-order valence-electron chi connectivity index (χ3n) is 7.84. The minimum absolute atomic E-state index is 0.0985. The number of nitrogens with zero attached hydrogens (tertiary/aromatic N) is 4. The van der Waals surface area contributed by atoms with Gasteiger partial charge in [0.05, 0.1) is 4.53 Å². The lowest BCUT2D eigenvalue weighted by molar-refractivity contribution is -0.120. The number of thiazole rings is 1. The summed E-state index contributed by atoms with van der Waals surface area (Å²) >= 11 is 7.35. The van der Waals surface area contributed by atoms with Crippen LogP contribution < -0.4 is 24.6 Å². The quantitative estimate of drug-likeness (QED) is 0.454. The molecule has 1 amide bonds. The number of rotatable bonds is 4. The monoisotopic (exact) mass is 592 g/mol. The van der Waals surface area contributed by atoms with Gasteiger partial charge in [-0.3, -0.25) is 14.5 Å². The third-order valence-corrected chi connectivity index (χ3v) is 10.5. The molecule has 2 unspecified atom stereocenters. The van der Waals surface area contributed by atoms with Gasteiger partial charge in [0, 0.05) is 49.7 Å². The summed E-state index contributed by atoms with van der Waals surface area (Å²) in [6, 6.07) is 15.2. The molecule has 3 aliphatic rings. The van der Waals surface area contributed by atoms with Gasteiger partial charge in [-0.1, -0.05) is 36.5 Å². The summed E-state index contributed by atoms with van der Waals surface area (Å²) in [4.78, 5) is 44.3. The van der Waals surface area contributed by atoms with E-state index in [2.05, 4.69) is 46.2 Å². The van der Waals surface area contributed by atoms with Crippen LogP contribution in [0.5, 0.6) is 0 Å². The van der Waals surface area contributed by atoms with Crippen molar-refractivity contribution in [1.82, 2.24) is 9.47 Å². The SMILES string of the molecule is CCN1C(=O)/C(=c2\s/c(=C/c3ccc4c(c3)C3CCCC3N4c3ccc(N(C)C)cc3)c(=O)n2C(=O)O)SC1=S. The normalized spacial score (nSPS) is 21.8. The summed E-state index contributed by atoms with van der Waals surface area (Å²) in [7, 11) is 4.07. The Hall–Kier alpha value is -3.41. The van der Waals surface area contributed by atoms with E-state index in [0.717, 1.165) is 53.6 Å². The molecule has 0 spiro atoms. The van der Waals surface area contributed by atoms with E-state index in [-0.39, 0.29) is 20.0 Å². The van der Waals surface area contributed by atoms with E-state index < -0.39 is 11.7 Å². The van der Waals surface area contributed by atoms with Gasteiger partial charge in [0.15, 0.2) is 0 Å². The molecule has 0 radical (unpaired) electrons. The van der Waals surface area contributed by atoms with Crippen LogP contribution in [0.3, 0.4) is 0 Å². The molecule has 6 rings (SSSR count). The summed E-state index contributed by atoms with van der Waals surface area (Å²) in [6.45, 7) is 2.18. The number of fused-ring (bicyclic) bond motifs is 3. The van der Waals surface area contributed by atoms with Crippen molar-refractivity contribution in [3.63, 3.8) is 0 Å². The van der Waals surface area contributed by atoms with Crippen molar-refractivity contribution in [3.8, 4) is 0 Å². The average molecular weight is 593 g/mol. The number of benzene rings is 2. The molecule has 11 heteroatoms. The molecule has 2 fully saturated rings. The maximum atomic E-state index is 13.2. The predicted octanol–water partition coefficient (Wildman–Crippen LogP) is 4.11. The van der Waals surface area contributed by atoms with Gasteiger partial charge < -0.3 is 14.9 Å². The van der Waals surface area contributed by atoms with Crippen molar-refractivity contribution in [2.45, 2.75) is 38.1 Å². The molecule has 3 heterocycles. The van der Waals surface area contributed by atoms with E-state index >= 15 is 0 Å². The van der Waals surface area contributed by atoms with Crippen LogP contribution >= 0.6 is 35.3 Å². The van der Waals surface area contributed by atoms with E-state index in [9.17, 15) is 19.5 Å². The fourth-order valence-electron chi connectivity index (χ4n) is 5.97. The Morgan fingerprint density at radius 2 is 1.90 bits per heavy atom. The number of thiocarbonyl (C=S) groups is 1. The summed E-state index contributed by atoms with van der Waals surface area (Å²) in [5.74, 6) is 0.0272. The molecule has 3 aromatic rings. The lowest BCUT2D eigenvalue weighted by Gasteiger charge is -2.27. The molecule has 40 heavy (non-hydrogen) atoms. The van der Waals surface area contributed by atoms with Gasteiger partial charge in [-0.05, 0) is 73.4 Å². The highest BCUT2D eigenvalue weighted by Crippen LogP contribution is 2.52. The Morgan fingerprint density at radius 3 is 2.55 bits per heavy atom. The van der Waals surface area contributed by atoms with Crippen LogP contribution in [-0.4, -0.2) is 57.6 Å². The minimum Gasteiger partial charge on any atom is -0.464 e. The Bertz CT molecular complexity index is 1740. The largest absolute Gasteiger partial charge is 0.464 e. The van der Waals surface area contributed by atoms with Gasteiger partial charge in [0.25, 0.3) is 11.5 Å². The van der Waals surface area contributed by atoms with Gasteiger partial charge in [-0.2, -0.15) is 4.57 Å². The van der Waals surface area contributed by atoms with E-state index in [1.54, 1.807) is 13.0 Å².